The van der Waals surface area contributed by atoms with Crippen LogP contribution in [0, 0.1) is 40.0 Å². The van der Waals surface area contributed by atoms with Crippen LogP contribution in [-0.2, 0) is 4.79 Å². The average molecular weight is 593 g/mol. The summed E-state index contributed by atoms with van der Waals surface area (Å²) in [5.74, 6) is -1.15. The van der Waals surface area contributed by atoms with Crippen LogP contribution >= 0.6 is 0 Å². The molecule has 0 spiro atoms. The maximum absolute atomic E-state index is 12.3. The number of aliphatic imine (C=N–C) groups is 1. The first-order valence-electron chi connectivity index (χ1n) is 13.9. The van der Waals surface area contributed by atoms with Gasteiger partial charge in [0.2, 0.25) is 0 Å². The number of hydrogen-bond acceptors (Lipinski definition) is 9. The van der Waals surface area contributed by atoms with Crippen molar-refractivity contribution >= 4 is 45.7 Å². The van der Waals surface area contributed by atoms with Crippen LogP contribution < -0.4 is 10.6 Å². The highest BCUT2D eigenvalue weighted by Gasteiger charge is 2.43. The Labute approximate surface area is 248 Å². The van der Waals surface area contributed by atoms with Crippen LogP contribution in [0.3, 0.4) is 0 Å². The predicted molar refractivity (Wildman–Crippen MR) is 164 cm³/mol. The Morgan fingerprint density at radius 3 is 2.23 bits per heavy atom. The number of carbonyl (C=O) groups excluding carboxylic acids is 1. The number of nitrogens with one attached hydrogen (secondary N) is 2. The molecular weight excluding hydrogens is 556 g/mol. The summed E-state index contributed by atoms with van der Waals surface area (Å²) in [6.07, 6.45) is 1.47. The summed E-state index contributed by atoms with van der Waals surface area (Å²) < 4.78 is 0. The Balaban J connectivity index is 0.000000238. The van der Waals surface area contributed by atoms with Gasteiger partial charge in [-0.1, -0.05) is 45.9 Å². The first-order valence-corrected chi connectivity index (χ1v) is 13.9. The van der Waals surface area contributed by atoms with Gasteiger partial charge >= 0.3 is 11.7 Å². The molecule has 1 aromatic heterocycles. The number of rotatable bonds is 9. The molecule has 228 valence electrons. The van der Waals surface area contributed by atoms with E-state index < -0.39 is 21.4 Å². The van der Waals surface area contributed by atoms with Crippen molar-refractivity contribution in [3.05, 3.63) is 79.0 Å². The number of aromatic nitrogens is 1. The van der Waals surface area contributed by atoms with Crippen LogP contribution in [0.25, 0.3) is 10.9 Å². The van der Waals surface area contributed by atoms with Crippen molar-refractivity contribution in [3.63, 3.8) is 0 Å². The number of hydrogen-bond donors (Lipinski definition) is 3. The van der Waals surface area contributed by atoms with Gasteiger partial charge in [-0.2, -0.15) is 0 Å². The fourth-order valence-electron chi connectivity index (χ4n) is 4.60. The summed E-state index contributed by atoms with van der Waals surface area (Å²) in [4.78, 5) is 54.0. The zero-order valence-corrected chi connectivity index (χ0v) is 25.2. The number of carboxylic acids is 1. The quantitative estimate of drug-likeness (QED) is 0.199. The zero-order chi connectivity index (χ0) is 32.2. The molecule has 4 rings (SSSR count). The topological polar surface area (TPSA) is 190 Å². The highest BCUT2D eigenvalue weighted by molar-refractivity contribution is 6.18. The number of carbonyl (C=O) groups is 2. The van der Waals surface area contributed by atoms with Crippen molar-refractivity contribution < 1.29 is 24.5 Å². The maximum Gasteiger partial charge on any atom is 0.338 e. The number of amidine groups is 1. The molecule has 0 fully saturated rings. The monoisotopic (exact) mass is 592 g/mol. The number of aromatic carboxylic acids is 1. The van der Waals surface area contributed by atoms with E-state index >= 15 is 0 Å². The van der Waals surface area contributed by atoms with E-state index in [0.29, 0.717) is 16.6 Å². The molecule has 3 aromatic rings. The lowest BCUT2D eigenvalue weighted by Crippen LogP contribution is -2.41. The molecule has 43 heavy (non-hydrogen) atoms. The first-order chi connectivity index (χ1) is 20.2. The lowest BCUT2D eigenvalue weighted by Gasteiger charge is -2.21. The number of amides is 1. The van der Waals surface area contributed by atoms with Gasteiger partial charge in [-0.25, -0.2) is 14.8 Å². The molecule has 2 aromatic carbocycles. The second-order valence-corrected chi connectivity index (χ2v) is 10.8. The molecule has 0 radical (unpaired) electrons. The third-order valence-corrected chi connectivity index (χ3v) is 7.84. The van der Waals surface area contributed by atoms with E-state index in [1.807, 2.05) is 39.8 Å². The summed E-state index contributed by atoms with van der Waals surface area (Å²) in [6, 6.07) is 10.1. The second-order valence-electron chi connectivity index (χ2n) is 10.8. The number of pyridine rings is 1. The number of nitrogens with zero attached hydrogens (tertiary/aromatic N) is 4. The number of nitro groups is 2. The van der Waals surface area contributed by atoms with Crippen molar-refractivity contribution in [3.8, 4) is 0 Å². The lowest BCUT2D eigenvalue weighted by atomic mass is 9.89. The normalized spacial score (nSPS) is 16.0. The van der Waals surface area contributed by atoms with E-state index in [-0.39, 0.29) is 52.0 Å². The highest BCUT2D eigenvalue weighted by atomic mass is 16.6. The van der Waals surface area contributed by atoms with Crippen molar-refractivity contribution in [2.24, 2.45) is 10.9 Å². The molecule has 13 nitrogen and oxygen atoms in total. The van der Waals surface area contributed by atoms with Crippen LogP contribution in [0.15, 0.2) is 41.4 Å². The fraction of sp³-hybridized carbons (Fsp3) is 0.400. The molecule has 0 bridgehead atoms. The summed E-state index contributed by atoms with van der Waals surface area (Å²) in [7, 11) is 0. The number of para-hydroxylation sites is 1. The van der Waals surface area contributed by atoms with Gasteiger partial charge in [0.15, 0.2) is 11.5 Å². The van der Waals surface area contributed by atoms with Gasteiger partial charge in [-0.3, -0.25) is 25.0 Å². The van der Waals surface area contributed by atoms with E-state index in [9.17, 15) is 34.9 Å². The number of aryl methyl sites for hydroxylation is 1. The van der Waals surface area contributed by atoms with Crippen molar-refractivity contribution in [2.45, 2.75) is 72.9 Å². The molecule has 0 saturated carbocycles. The average Bonchev–Trinajstić information content (AvgIpc) is 3.27. The van der Waals surface area contributed by atoms with E-state index in [0.717, 1.165) is 18.2 Å². The van der Waals surface area contributed by atoms with Crippen molar-refractivity contribution in [1.29, 1.82) is 0 Å². The van der Waals surface area contributed by atoms with Gasteiger partial charge in [-0.15, -0.1) is 0 Å². The molecule has 2 heterocycles. The molecular formula is C30H36N6O7. The molecule has 1 atom stereocenters. The minimum atomic E-state index is -1.10. The number of benzene rings is 2. The van der Waals surface area contributed by atoms with Gasteiger partial charge in [0.1, 0.15) is 11.2 Å². The summed E-state index contributed by atoms with van der Waals surface area (Å²) in [6.45, 7) is 12.6. The summed E-state index contributed by atoms with van der Waals surface area (Å²) in [5.41, 5.74) is 0.505. The number of fused-ring (bicyclic) bond motifs is 1. The SMILES string of the molecule is CC(C)C1(C)N=C(c2nc3ccccc3cc2C(=O)O)NC1=O.CCC(CC)Nc1c([N+](=O)[O-])cc(C)c(C)c1[N+](=O)[O-]. The van der Waals surface area contributed by atoms with Gasteiger partial charge < -0.3 is 15.7 Å². The number of anilines is 1. The summed E-state index contributed by atoms with van der Waals surface area (Å²) >= 11 is 0. The molecule has 1 unspecified atom stereocenters. The van der Waals surface area contributed by atoms with Gasteiger partial charge in [-0.05, 0) is 57.2 Å². The maximum atomic E-state index is 12.3. The zero-order valence-electron chi connectivity index (χ0n) is 25.2. The van der Waals surface area contributed by atoms with Gasteiger partial charge in [0.25, 0.3) is 11.6 Å². The van der Waals surface area contributed by atoms with Crippen LogP contribution in [0.4, 0.5) is 17.1 Å². The van der Waals surface area contributed by atoms with Crippen molar-refractivity contribution in [1.82, 2.24) is 10.3 Å². The van der Waals surface area contributed by atoms with E-state index in [1.54, 1.807) is 39.0 Å². The van der Waals surface area contributed by atoms with E-state index in [1.165, 1.54) is 6.07 Å². The third-order valence-electron chi connectivity index (χ3n) is 7.84. The van der Waals surface area contributed by atoms with Crippen LogP contribution in [0.1, 0.15) is 74.6 Å². The Morgan fingerprint density at radius 1 is 1.09 bits per heavy atom. The number of nitro benzene ring substituents is 2. The minimum Gasteiger partial charge on any atom is -0.478 e. The highest BCUT2D eigenvalue weighted by Crippen LogP contribution is 2.39. The molecule has 3 N–H and O–H groups in total. The van der Waals surface area contributed by atoms with Crippen molar-refractivity contribution in [2.75, 3.05) is 5.32 Å². The van der Waals surface area contributed by atoms with Crippen LogP contribution in [0.2, 0.25) is 0 Å². The smallest absolute Gasteiger partial charge is 0.338 e. The molecule has 1 aliphatic heterocycles. The Morgan fingerprint density at radius 2 is 1.72 bits per heavy atom. The standard InChI is InChI=1S/C17H17N3O3.C13H19N3O4/c1-9(2)17(3)16(23)19-14(20-17)13-11(15(21)22)8-10-6-4-5-7-12(10)18-13;1-5-10(6-2)14-12-11(15(17)18)7-8(3)9(4)13(12)16(19)20/h4-9H,1-3H3,(H,21,22)(H,19,20,23);7,10,14H,5-6H2,1-4H3. The third kappa shape index (κ3) is 6.60. The molecule has 0 saturated heterocycles. The molecule has 0 aliphatic carbocycles. The molecule has 1 amide bonds. The summed E-state index contributed by atoms with van der Waals surface area (Å²) in [5, 5.41) is 38.3. The van der Waals surface area contributed by atoms with Crippen LogP contribution in [-0.4, -0.2) is 49.2 Å². The fourth-order valence-corrected chi connectivity index (χ4v) is 4.60. The minimum absolute atomic E-state index is 0.0109. The molecule has 13 heteroatoms. The van der Waals surface area contributed by atoms with E-state index in [4.69, 9.17) is 0 Å². The lowest BCUT2D eigenvalue weighted by molar-refractivity contribution is -0.392. The van der Waals surface area contributed by atoms with Crippen LogP contribution in [0.5, 0.6) is 0 Å². The Hall–Kier alpha value is -4.94. The Bertz CT molecular complexity index is 1630. The van der Waals surface area contributed by atoms with E-state index in [2.05, 4.69) is 20.6 Å². The second kappa shape index (κ2) is 12.9. The largest absolute Gasteiger partial charge is 0.478 e. The first kappa shape index (κ1) is 32.6. The Kier molecular flexibility index (Phi) is 9.79. The predicted octanol–water partition coefficient (Wildman–Crippen LogP) is 5.94. The molecule has 1 aliphatic rings. The van der Waals surface area contributed by atoms with Gasteiger partial charge in [0, 0.05) is 23.1 Å². The van der Waals surface area contributed by atoms with Gasteiger partial charge in [0.05, 0.1) is 20.9 Å². The number of carboxylic acid groups (broad SMARTS) is 1.